The van der Waals surface area contributed by atoms with E-state index < -0.39 is 40.8 Å². The van der Waals surface area contributed by atoms with Crippen molar-refractivity contribution in [3.63, 3.8) is 0 Å². The van der Waals surface area contributed by atoms with E-state index in [4.69, 9.17) is 13.7 Å². The number of hydrogen-bond acceptors (Lipinski definition) is 7. The van der Waals surface area contributed by atoms with E-state index in [1.54, 1.807) is 12.1 Å². The first-order chi connectivity index (χ1) is 9.88. The fraction of sp³-hybridized carbons (Fsp3) is 0.538. The van der Waals surface area contributed by atoms with Gasteiger partial charge in [0.25, 0.3) is 10.1 Å². The Kier molecular flexibility index (Phi) is 3.76. The maximum Gasteiger partial charge on any atom is 0.297 e. The molecule has 0 saturated carbocycles. The second-order valence-electron chi connectivity index (χ2n) is 5.19. The van der Waals surface area contributed by atoms with Crippen molar-refractivity contribution in [3.05, 3.63) is 29.8 Å². The van der Waals surface area contributed by atoms with Gasteiger partial charge in [-0.3, -0.25) is 4.18 Å². The van der Waals surface area contributed by atoms with Crippen LogP contribution in [-0.2, 0) is 23.8 Å². The Balaban J connectivity index is 1.83. The van der Waals surface area contributed by atoms with Gasteiger partial charge in [0.2, 0.25) is 0 Å². The third-order valence-corrected chi connectivity index (χ3v) is 4.94. The third-order valence-electron chi connectivity index (χ3n) is 3.61. The molecule has 7 nitrogen and oxygen atoms in total. The first kappa shape index (κ1) is 14.9. The molecule has 8 heteroatoms. The predicted molar refractivity (Wildman–Crippen MR) is 69.9 cm³/mol. The third kappa shape index (κ3) is 2.70. The molecule has 2 aliphatic heterocycles. The summed E-state index contributed by atoms with van der Waals surface area (Å²) in [5.41, 5.74) is 0.914. The zero-order chi connectivity index (χ0) is 15.2. The SMILES string of the molecule is Cc1ccc(S(=O)(=O)O[C@@H]2C3CO[C@@H](O3)C(O)C2O)cc1. The molecule has 2 fully saturated rings. The molecular formula is C13H16O7S. The molecule has 2 aliphatic rings. The molecule has 0 radical (unpaired) electrons. The standard InChI is InChI=1S/C13H16O7S/c1-7-2-4-8(5-3-7)21(16,17)20-12-9-6-18-13(19-9)11(15)10(12)14/h2-5,9-15H,6H2,1H3/t9?,10?,11?,12-,13+/m1/s1. The Morgan fingerprint density at radius 2 is 1.86 bits per heavy atom. The molecular weight excluding hydrogens is 300 g/mol. The zero-order valence-corrected chi connectivity index (χ0v) is 12.1. The quantitative estimate of drug-likeness (QED) is 0.728. The van der Waals surface area contributed by atoms with E-state index in [0.717, 1.165) is 5.56 Å². The van der Waals surface area contributed by atoms with Crippen LogP contribution < -0.4 is 0 Å². The van der Waals surface area contributed by atoms with E-state index in [9.17, 15) is 18.6 Å². The molecule has 0 amide bonds. The van der Waals surface area contributed by atoms with E-state index in [2.05, 4.69) is 0 Å². The highest BCUT2D eigenvalue weighted by Crippen LogP contribution is 2.31. The van der Waals surface area contributed by atoms with E-state index in [1.165, 1.54) is 12.1 Å². The highest BCUT2D eigenvalue weighted by Gasteiger charge is 2.51. The molecule has 116 valence electrons. The fourth-order valence-electron chi connectivity index (χ4n) is 2.39. The van der Waals surface area contributed by atoms with Crippen molar-refractivity contribution in [2.75, 3.05) is 6.61 Å². The number of aliphatic hydroxyl groups excluding tert-OH is 2. The lowest BCUT2D eigenvalue weighted by Crippen LogP contribution is -2.55. The molecule has 2 N–H and O–H groups in total. The van der Waals surface area contributed by atoms with Crippen molar-refractivity contribution in [2.45, 2.75) is 42.5 Å². The molecule has 3 rings (SSSR count). The first-order valence-electron chi connectivity index (χ1n) is 6.51. The van der Waals surface area contributed by atoms with E-state index in [0.29, 0.717) is 0 Å². The molecule has 3 unspecified atom stereocenters. The van der Waals surface area contributed by atoms with Gasteiger partial charge >= 0.3 is 0 Å². The molecule has 0 spiro atoms. The molecule has 0 aromatic heterocycles. The van der Waals surface area contributed by atoms with Gasteiger partial charge in [-0.1, -0.05) is 17.7 Å². The van der Waals surface area contributed by atoms with Crippen molar-refractivity contribution in [1.82, 2.24) is 0 Å². The molecule has 1 aromatic rings. The monoisotopic (exact) mass is 316 g/mol. The van der Waals surface area contributed by atoms with Crippen molar-refractivity contribution < 1.29 is 32.3 Å². The summed E-state index contributed by atoms with van der Waals surface area (Å²) < 4.78 is 39.9. The maximum absolute atomic E-state index is 12.2. The van der Waals surface area contributed by atoms with Crippen LogP contribution >= 0.6 is 0 Å². The molecule has 2 heterocycles. The average molecular weight is 316 g/mol. The Bertz CT molecular complexity index is 612. The topological polar surface area (TPSA) is 102 Å². The summed E-state index contributed by atoms with van der Waals surface area (Å²) in [6, 6.07) is 6.14. The Labute approximate surface area is 122 Å². The second-order valence-corrected chi connectivity index (χ2v) is 6.76. The summed E-state index contributed by atoms with van der Waals surface area (Å²) in [6.45, 7) is 1.90. The normalized spacial score (nSPS) is 35.9. The highest BCUT2D eigenvalue weighted by molar-refractivity contribution is 7.86. The van der Waals surface area contributed by atoms with Gasteiger partial charge in [-0.15, -0.1) is 0 Å². The molecule has 5 atom stereocenters. The number of fused-ring (bicyclic) bond motifs is 2. The van der Waals surface area contributed by atoms with Crippen molar-refractivity contribution in [3.8, 4) is 0 Å². The molecule has 2 bridgehead atoms. The van der Waals surface area contributed by atoms with Gasteiger partial charge in [-0.2, -0.15) is 8.42 Å². The summed E-state index contributed by atoms with van der Waals surface area (Å²) in [5, 5.41) is 19.7. The number of ether oxygens (including phenoxy) is 2. The smallest absolute Gasteiger partial charge is 0.297 e. The molecule has 0 aliphatic carbocycles. The minimum absolute atomic E-state index is 0.0178. The average Bonchev–Trinajstić information content (AvgIpc) is 2.89. The summed E-state index contributed by atoms with van der Waals surface area (Å²) >= 11 is 0. The van der Waals surface area contributed by atoms with Gasteiger partial charge in [-0.25, -0.2) is 0 Å². The van der Waals surface area contributed by atoms with Crippen LogP contribution in [0.4, 0.5) is 0 Å². The lowest BCUT2D eigenvalue weighted by molar-refractivity contribution is -0.222. The van der Waals surface area contributed by atoms with E-state index in [1.807, 2.05) is 6.92 Å². The molecule has 2 saturated heterocycles. The van der Waals surface area contributed by atoms with Gasteiger partial charge in [-0.05, 0) is 19.1 Å². The molecule has 1 aromatic carbocycles. The van der Waals surface area contributed by atoms with Crippen molar-refractivity contribution in [1.29, 1.82) is 0 Å². The Morgan fingerprint density at radius 1 is 1.19 bits per heavy atom. The second kappa shape index (κ2) is 5.31. The highest BCUT2D eigenvalue weighted by atomic mass is 32.2. The van der Waals surface area contributed by atoms with Gasteiger partial charge in [0.05, 0.1) is 11.5 Å². The lowest BCUT2D eigenvalue weighted by Gasteiger charge is -2.34. The van der Waals surface area contributed by atoms with Crippen LogP contribution in [0.5, 0.6) is 0 Å². The van der Waals surface area contributed by atoms with Crippen molar-refractivity contribution >= 4 is 10.1 Å². The largest absolute Gasteiger partial charge is 0.387 e. The number of benzene rings is 1. The minimum atomic E-state index is -4.06. The van der Waals surface area contributed by atoms with Crippen LogP contribution in [0, 0.1) is 6.92 Å². The Morgan fingerprint density at radius 3 is 2.52 bits per heavy atom. The van der Waals surface area contributed by atoms with Crippen LogP contribution in [0.3, 0.4) is 0 Å². The zero-order valence-electron chi connectivity index (χ0n) is 11.2. The maximum atomic E-state index is 12.2. The first-order valence-corrected chi connectivity index (χ1v) is 7.92. The van der Waals surface area contributed by atoms with Crippen LogP contribution in [-0.4, -0.2) is 55.9 Å². The number of hydrogen-bond donors (Lipinski definition) is 2. The van der Waals surface area contributed by atoms with Gasteiger partial charge in [0, 0.05) is 0 Å². The van der Waals surface area contributed by atoms with Crippen molar-refractivity contribution in [2.24, 2.45) is 0 Å². The minimum Gasteiger partial charge on any atom is -0.387 e. The summed E-state index contributed by atoms with van der Waals surface area (Å²) in [5.74, 6) is 0. The van der Waals surface area contributed by atoms with Gasteiger partial charge in [0.1, 0.15) is 24.4 Å². The van der Waals surface area contributed by atoms with Crippen LogP contribution in [0.2, 0.25) is 0 Å². The summed E-state index contributed by atoms with van der Waals surface area (Å²) in [6.07, 6.45) is -5.61. The predicted octanol–water partition coefficient (Wildman–Crippen LogP) is -0.454. The van der Waals surface area contributed by atoms with E-state index >= 15 is 0 Å². The van der Waals surface area contributed by atoms with Crippen LogP contribution in [0.1, 0.15) is 5.56 Å². The molecule has 21 heavy (non-hydrogen) atoms. The van der Waals surface area contributed by atoms with E-state index in [-0.39, 0.29) is 11.5 Å². The number of aliphatic hydroxyl groups is 2. The van der Waals surface area contributed by atoms with Gasteiger partial charge in [0.15, 0.2) is 6.29 Å². The lowest BCUT2D eigenvalue weighted by atomic mass is 10.0. The summed E-state index contributed by atoms with van der Waals surface area (Å²) in [4.78, 5) is -0.0178. The van der Waals surface area contributed by atoms with Crippen LogP contribution in [0.25, 0.3) is 0 Å². The summed E-state index contributed by atoms with van der Waals surface area (Å²) in [7, 11) is -4.06. The van der Waals surface area contributed by atoms with Gasteiger partial charge < -0.3 is 19.7 Å². The number of aryl methyl sites for hydroxylation is 1. The van der Waals surface area contributed by atoms with Crippen LogP contribution in [0.15, 0.2) is 29.2 Å². The fourth-order valence-corrected chi connectivity index (χ4v) is 3.50. The number of rotatable bonds is 3. The Hall–Kier alpha value is -1.03.